The second-order valence-electron chi connectivity index (χ2n) is 3.63. The lowest BCUT2D eigenvalue weighted by atomic mass is 10.2. The Morgan fingerprint density at radius 3 is 3.07 bits per heavy atom. The van der Waals surface area contributed by atoms with Crippen LogP contribution in [0, 0.1) is 0 Å². The number of carbonyl (C=O) groups is 1. The molecule has 0 unspecified atom stereocenters. The van der Waals surface area contributed by atoms with E-state index in [0.29, 0.717) is 24.3 Å². The van der Waals surface area contributed by atoms with Crippen molar-refractivity contribution in [2.45, 2.75) is 13.0 Å². The van der Waals surface area contributed by atoms with Gasteiger partial charge in [-0.15, -0.1) is 0 Å². The van der Waals surface area contributed by atoms with Crippen LogP contribution >= 0.6 is 11.6 Å². The van der Waals surface area contributed by atoms with Crippen LogP contribution in [0.3, 0.4) is 0 Å². The molecule has 1 aromatic heterocycles. The molecule has 1 aliphatic heterocycles. The van der Waals surface area contributed by atoms with E-state index >= 15 is 0 Å². The summed E-state index contributed by atoms with van der Waals surface area (Å²) in [6.45, 7) is 3.09. The molecular formula is C10H12ClN3O. The first-order valence-corrected chi connectivity index (χ1v) is 5.20. The first kappa shape index (κ1) is 10.4. The topological polar surface area (TPSA) is 45.2 Å². The van der Waals surface area contributed by atoms with Gasteiger partial charge < -0.3 is 10.2 Å². The summed E-state index contributed by atoms with van der Waals surface area (Å²) in [5.41, 5.74) is 0.803. The van der Waals surface area contributed by atoms with Crippen LogP contribution in [0.2, 0.25) is 5.15 Å². The fourth-order valence-corrected chi connectivity index (χ4v) is 1.69. The SMILES string of the molecule is C[C@@H]1CN(c2ccc(Cl)nc2)C(=O)CN1. The minimum atomic E-state index is 0.0669. The summed E-state index contributed by atoms with van der Waals surface area (Å²) in [7, 11) is 0. The van der Waals surface area contributed by atoms with Crippen LogP contribution in [0.15, 0.2) is 18.3 Å². The lowest BCUT2D eigenvalue weighted by Gasteiger charge is -2.31. The molecule has 2 rings (SSSR count). The normalized spacial score (nSPS) is 21.9. The molecule has 0 aromatic carbocycles. The van der Waals surface area contributed by atoms with Gasteiger partial charge in [0.25, 0.3) is 0 Å². The molecule has 15 heavy (non-hydrogen) atoms. The molecule has 80 valence electrons. The Balaban J connectivity index is 2.21. The van der Waals surface area contributed by atoms with Crippen molar-refractivity contribution in [2.24, 2.45) is 0 Å². The smallest absolute Gasteiger partial charge is 0.241 e. The number of nitrogens with zero attached hydrogens (tertiary/aromatic N) is 2. The Morgan fingerprint density at radius 2 is 2.40 bits per heavy atom. The van der Waals surface area contributed by atoms with Gasteiger partial charge in [-0.25, -0.2) is 4.98 Å². The molecule has 1 aliphatic rings. The molecule has 5 heteroatoms. The zero-order chi connectivity index (χ0) is 10.8. The molecule has 1 fully saturated rings. The molecule has 0 radical (unpaired) electrons. The number of piperazine rings is 1. The van der Waals surface area contributed by atoms with Crippen molar-refractivity contribution in [3.05, 3.63) is 23.5 Å². The predicted octanol–water partition coefficient (Wildman–Crippen LogP) is 1.06. The van der Waals surface area contributed by atoms with E-state index in [-0.39, 0.29) is 5.91 Å². The number of nitrogens with one attached hydrogen (secondary N) is 1. The maximum Gasteiger partial charge on any atom is 0.241 e. The van der Waals surface area contributed by atoms with Gasteiger partial charge in [0.15, 0.2) is 0 Å². The van der Waals surface area contributed by atoms with Crippen LogP contribution in [0.4, 0.5) is 5.69 Å². The molecule has 2 heterocycles. The number of hydrogen-bond acceptors (Lipinski definition) is 3. The predicted molar refractivity (Wildman–Crippen MR) is 59.1 cm³/mol. The number of amides is 1. The Morgan fingerprint density at radius 1 is 1.60 bits per heavy atom. The first-order valence-electron chi connectivity index (χ1n) is 4.82. The molecule has 1 N–H and O–H groups in total. The van der Waals surface area contributed by atoms with Crippen molar-refractivity contribution in [1.82, 2.24) is 10.3 Å². The maximum atomic E-state index is 11.6. The number of halogens is 1. The quantitative estimate of drug-likeness (QED) is 0.727. The summed E-state index contributed by atoms with van der Waals surface area (Å²) < 4.78 is 0. The zero-order valence-corrected chi connectivity index (χ0v) is 9.16. The highest BCUT2D eigenvalue weighted by molar-refractivity contribution is 6.29. The van der Waals surface area contributed by atoms with Gasteiger partial charge in [-0.1, -0.05) is 11.6 Å². The number of pyridine rings is 1. The van der Waals surface area contributed by atoms with Gasteiger partial charge in [0, 0.05) is 12.6 Å². The van der Waals surface area contributed by atoms with E-state index in [1.807, 2.05) is 13.0 Å². The standard InChI is InChI=1S/C10H12ClN3O/c1-7-6-14(10(15)5-12-7)8-2-3-9(11)13-4-8/h2-4,7,12H,5-6H2,1H3/t7-/m1/s1. The van der Waals surface area contributed by atoms with Crippen LogP contribution in [0.1, 0.15) is 6.92 Å². The highest BCUT2D eigenvalue weighted by Gasteiger charge is 2.23. The van der Waals surface area contributed by atoms with Crippen molar-refractivity contribution in [3.8, 4) is 0 Å². The van der Waals surface area contributed by atoms with Crippen LogP contribution in [-0.2, 0) is 4.79 Å². The Hall–Kier alpha value is -1.13. The van der Waals surface area contributed by atoms with E-state index in [2.05, 4.69) is 10.3 Å². The van der Waals surface area contributed by atoms with Gasteiger partial charge in [-0.3, -0.25) is 4.79 Å². The van der Waals surface area contributed by atoms with Crippen molar-refractivity contribution in [3.63, 3.8) is 0 Å². The number of hydrogen-bond donors (Lipinski definition) is 1. The molecular weight excluding hydrogens is 214 g/mol. The Bertz CT molecular complexity index is 365. The maximum absolute atomic E-state index is 11.6. The highest BCUT2D eigenvalue weighted by atomic mass is 35.5. The lowest BCUT2D eigenvalue weighted by Crippen LogP contribution is -2.53. The van der Waals surface area contributed by atoms with Gasteiger partial charge in [-0.2, -0.15) is 0 Å². The molecule has 1 amide bonds. The molecule has 1 atom stereocenters. The lowest BCUT2D eigenvalue weighted by molar-refractivity contribution is -0.118. The van der Waals surface area contributed by atoms with Gasteiger partial charge in [0.05, 0.1) is 18.4 Å². The Kier molecular flexibility index (Phi) is 2.88. The molecule has 0 saturated carbocycles. The van der Waals surface area contributed by atoms with E-state index < -0.39 is 0 Å². The van der Waals surface area contributed by atoms with Crippen molar-refractivity contribution < 1.29 is 4.79 Å². The van der Waals surface area contributed by atoms with Crippen molar-refractivity contribution >= 4 is 23.2 Å². The van der Waals surface area contributed by atoms with Crippen LogP contribution in [-0.4, -0.2) is 30.0 Å². The summed E-state index contributed by atoms with van der Waals surface area (Å²) in [5.74, 6) is 0.0669. The summed E-state index contributed by atoms with van der Waals surface area (Å²) in [5, 5.41) is 3.54. The number of aromatic nitrogens is 1. The highest BCUT2D eigenvalue weighted by Crippen LogP contribution is 2.17. The average Bonchev–Trinajstić information content (AvgIpc) is 2.23. The first-order chi connectivity index (χ1) is 7.16. The minimum Gasteiger partial charge on any atom is -0.308 e. The summed E-state index contributed by atoms with van der Waals surface area (Å²) >= 11 is 5.69. The molecule has 0 spiro atoms. The number of carbonyl (C=O) groups excluding carboxylic acids is 1. The van der Waals surface area contributed by atoms with Crippen LogP contribution in [0.5, 0.6) is 0 Å². The number of anilines is 1. The summed E-state index contributed by atoms with van der Waals surface area (Å²) in [6, 6.07) is 3.81. The second kappa shape index (κ2) is 4.16. The number of rotatable bonds is 1. The van der Waals surface area contributed by atoms with Crippen LogP contribution < -0.4 is 10.2 Å². The van der Waals surface area contributed by atoms with Gasteiger partial charge in [0.2, 0.25) is 5.91 Å². The fourth-order valence-electron chi connectivity index (χ4n) is 1.57. The molecule has 0 bridgehead atoms. The zero-order valence-electron chi connectivity index (χ0n) is 8.40. The monoisotopic (exact) mass is 225 g/mol. The van der Waals surface area contributed by atoms with Crippen molar-refractivity contribution in [2.75, 3.05) is 18.0 Å². The molecule has 1 aromatic rings. The molecule has 4 nitrogen and oxygen atoms in total. The van der Waals surface area contributed by atoms with E-state index in [9.17, 15) is 4.79 Å². The van der Waals surface area contributed by atoms with Gasteiger partial charge in [-0.05, 0) is 19.1 Å². The molecule has 0 aliphatic carbocycles. The summed E-state index contributed by atoms with van der Waals surface area (Å²) in [6.07, 6.45) is 1.62. The minimum absolute atomic E-state index is 0.0669. The third-order valence-corrected chi connectivity index (χ3v) is 2.61. The van der Waals surface area contributed by atoms with E-state index in [1.54, 1.807) is 17.2 Å². The Labute approximate surface area is 93.2 Å². The van der Waals surface area contributed by atoms with E-state index in [4.69, 9.17) is 11.6 Å². The van der Waals surface area contributed by atoms with Gasteiger partial charge in [0.1, 0.15) is 5.15 Å². The van der Waals surface area contributed by atoms with Crippen molar-refractivity contribution in [1.29, 1.82) is 0 Å². The van der Waals surface area contributed by atoms with Gasteiger partial charge >= 0.3 is 0 Å². The third kappa shape index (κ3) is 2.27. The second-order valence-corrected chi connectivity index (χ2v) is 4.01. The average molecular weight is 226 g/mol. The fraction of sp³-hybridized carbons (Fsp3) is 0.400. The van der Waals surface area contributed by atoms with Crippen LogP contribution in [0.25, 0.3) is 0 Å². The van der Waals surface area contributed by atoms with E-state index in [0.717, 1.165) is 5.69 Å². The van der Waals surface area contributed by atoms with E-state index in [1.165, 1.54) is 0 Å². The largest absolute Gasteiger partial charge is 0.308 e. The molecule has 1 saturated heterocycles. The third-order valence-electron chi connectivity index (χ3n) is 2.38. The summed E-state index contributed by atoms with van der Waals surface area (Å²) in [4.78, 5) is 17.3.